The van der Waals surface area contributed by atoms with E-state index in [1.54, 1.807) is 18.2 Å². The van der Waals surface area contributed by atoms with Gasteiger partial charge in [-0.05, 0) is 55.5 Å². The van der Waals surface area contributed by atoms with E-state index in [0.717, 1.165) is 6.21 Å². The molecule has 0 aliphatic carbocycles. The first kappa shape index (κ1) is 24.9. The van der Waals surface area contributed by atoms with Crippen molar-refractivity contribution in [2.24, 2.45) is 5.16 Å². The summed E-state index contributed by atoms with van der Waals surface area (Å²) < 4.78 is 88.9. The van der Waals surface area contributed by atoms with E-state index in [9.17, 15) is 31.1 Å². The van der Waals surface area contributed by atoms with E-state index in [1.165, 1.54) is 26.2 Å². The quantitative estimate of drug-likeness (QED) is 0.161. The number of benzene rings is 2. The average Bonchev–Trinajstić information content (AvgIpc) is 3.24. The van der Waals surface area contributed by atoms with Gasteiger partial charge in [0.15, 0.2) is 5.78 Å². The number of Topliss-reactive ketones (excluding diaryl/α,β-unsaturated/α-hetero) is 1. The second-order valence-corrected chi connectivity index (χ2v) is 7.09. The van der Waals surface area contributed by atoms with Crippen molar-refractivity contribution in [1.82, 2.24) is 0 Å². The summed E-state index contributed by atoms with van der Waals surface area (Å²) in [6.07, 6.45) is -8.84. The molecule has 180 valence electrons. The molecule has 0 aliphatic rings. The van der Waals surface area contributed by atoms with Crippen molar-refractivity contribution in [1.29, 1.82) is 0 Å². The molecule has 1 aromatic heterocycles. The highest BCUT2D eigenvalue weighted by Crippen LogP contribution is 2.38. The Morgan fingerprint density at radius 3 is 2.18 bits per heavy atom. The molecular weight excluding hydrogens is 468 g/mol. The molecule has 0 radical (unpaired) electrons. The van der Waals surface area contributed by atoms with Crippen molar-refractivity contribution < 1.29 is 45.1 Å². The molecule has 5 nitrogen and oxygen atoms in total. The van der Waals surface area contributed by atoms with Crippen LogP contribution >= 0.6 is 0 Å². The van der Waals surface area contributed by atoms with E-state index >= 15 is 0 Å². The van der Waals surface area contributed by atoms with Crippen LogP contribution in [-0.4, -0.2) is 19.1 Å². The first-order chi connectivity index (χ1) is 15.9. The van der Waals surface area contributed by atoms with Gasteiger partial charge in [0.05, 0.1) is 18.2 Å². The Bertz CT molecular complexity index is 1180. The number of hydrogen-bond acceptors (Lipinski definition) is 5. The molecule has 0 N–H and O–H groups in total. The van der Waals surface area contributed by atoms with Crippen LogP contribution in [0.15, 0.2) is 58.1 Å². The zero-order chi connectivity index (χ0) is 25.1. The Labute approximate surface area is 189 Å². The predicted octanol–water partition coefficient (Wildman–Crippen LogP) is 6.75. The fourth-order valence-electron chi connectivity index (χ4n) is 2.98. The van der Waals surface area contributed by atoms with Gasteiger partial charge in [0.25, 0.3) is 0 Å². The van der Waals surface area contributed by atoms with E-state index in [1.807, 2.05) is 0 Å². The van der Waals surface area contributed by atoms with Crippen LogP contribution in [0.25, 0.3) is 11.3 Å². The van der Waals surface area contributed by atoms with E-state index < -0.39 is 29.0 Å². The maximum atomic E-state index is 13.1. The number of halogens is 6. The van der Waals surface area contributed by atoms with Crippen LogP contribution in [-0.2, 0) is 23.8 Å². The van der Waals surface area contributed by atoms with Gasteiger partial charge in [0.2, 0.25) is 0 Å². The number of carbonyl (C=O) groups excluding carboxylic acids is 1. The van der Waals surface area contributed by atoms with Crippen molar-refractivity contribution >= 4 is 12.0 Å². The molecule has 0 atom stereocenters. The highest BCUT2D eigenvalue weighted by molar-refractivity contribution is 5.94. The molecule has 0 fully saturated rings. The molecule has 0 unspecified atom stereocenters. The molecule has 0 bridgehead atoms. The molecular formula is C23H17F6NO4. The molecule has 11 heteroatoms. The van der Waals surface area contributed by atoms with Gasteiger partial charge in [-0.15, -0.1) is 0 Å². The number of rotatable bonds is 7. The van der Waals surface area contributed by atoms with Gasteiger partial charge in [0, 0.05) is 16.7 Å². The van der Waals surface area contributed by atoms with Crippen LogP contribution in [0.4, 0.5) is 26.3 Å². The second kappa shape index (κ2) is 9.62. The summed E-state index contributed by atoms with van der Waals surface area (Å²) in [5, 5.41) is 3.69. The van der Waals surface area contributed by atoms with E-state index in [4.69, 9.17) is 14.0 Å². The summed E-state index contributed by atoms with van der Waals surface area (Å²) in [5.74, 6) is 0.128. The number of hydrogen-bond donors (Lipinski definition) is 0. The molecule has 3 aromatic rings. The van der Waals surface area contributed by atoms with Gasteiger partial charge < -0.3 is 14.0 Å². The summed E-state index contributed by atoms with van der Waals surface area (Å²) >= 11 is 0. The van der Waals surface area contributed by atoms with Crippen LogP contribution in [0.1, 0.15) is 39.7 Å². The summed E-state index contributed by atoms with van der Waals surface area (Å²) in [7, 11) is 1.44. The van der Waals surface area contributed by atoms with E-state index in [-0.39, 0.29) is 30.0 Å². The van der Waals surface area contributed by atoms with Crippen molar-refractivity contribution in [2.75, 3.05) is 7.11 Å². The second-order valence-electron chi connectivity index (χ2n) is 7.09. The zero-order valence-corrected chi connectivity index (χ0v) is 17.8. The molecule has 2 aromatic carbocycles. The minimum Gasteiger partial charge on any atom is -0.496 e. The summed E-state index contributed by atoms with van der Waals surface area (Å²) in [4.78, 5) is 16.7. The third-order valence-corrected chi connectivity index (χ3v) is 4.66. The average molecular weight is 485 g/mol. The molecule has 0 saturated heterocycles. The molecule has 0 amide bonds. The Morgan fingerprint density at radius 1 is 0.971 bits per heavy atom. The largest absolute Gasteiger partial charge is 0.496 e. The van der Waals surface area contributed by atoms with Gasteiger partial charge in [-0.1, -0.05) is 5.16 Å². The van der Waals surface area contributed by atoms with Gasteiger partial charge >= 0.3 is 12.4 Å². The number of methoxy groups -OCH3 is 1. The number of alkyl halides is 6. The van der Waals surface area contributed by atoms with Gasteiger partial charge in [-0.3, -0.25) is 4.79 Å². The summed E-state index contributed by atoms with van der Waals surface area (Å²) in [5.41, 5.74) is -2.31. The van der Waals surface area contributed by atoms with Crippen molar-refractivity contribution in [3.05, 3.63) is 76.5 Å². The van der Waals surface area contributed by atoms with E-state index in [2.05, 4.69) is 5.16 Å². The summed E-state index contributed by atoms with van der Waals surface area (Å²) in [6.45, 7) is 1.33. The molecule has 0 spiro atoms. The Kier molecular flexibility index (Phi) is 7.04. The normalized spacial score (nSPS) is 12.2. The van der Waals surface area contributed by atoms with Crippen LogP contribution in [0.2, 0.25) is 0 Å². The van der Waals surface area contributed by atoms with E-state index in [0.29, 0.717) is 29.0 Å². The number of ketones is 1. The minimum absolute atomic E-state index is 0.0328. The fourth-order valence-corrected chi connectivity index (χ4v) is 2.98. The third-order valence-electron chi connectivity index (χ3n) is 4.66. The summed E-state index contributed by atoms with van der Waals surface area (Å²) in [6, 6.07) is 8.48. The first-order valence-corrected chi connectivity index (χ1v) is 9.61. The standard InChI is InChI=1S/C23H17F6NO4/c1-13(31)14-3-5-20(32-2)16(7-14)12-33-30-11-19-4-6-21(34-19)15-8-17(22(24,25)26)10-18(9-15)23(27,28)29/h3-11H,12H2,1-2H3/b30-11-. The van der Waals surface area contributed by atoms with Crippen LogP contribution in [0.5, 0.6) is 5.75 Å². The highest BCUT2D eigenvalue weighted by atomic mass is 19.4. The smallest absolute Gasteiger partial charge is 0.416 e. The molecule has 34 heavy (non-hydrogen) atoms. The van der Waals surface area contributed by atoms with Crippen LogP contribution in [0, 0.1) is 0 Å². The lowest BCUT2D eigenvalue weighted by atomic mass is 10.0. The van der Waals surface area contributed by atoms with Crippen molar-refractivity contribution in [2.45, 2.75) is 25.9 Å². The van der Waals surface area contributed by atoms with Crippen molar-refractivity contribution in [3.8, 4) is 17.1 Å². The SMILES string of the molecule is COc1ccc(C(C)=O)cc1CO/N=C\c1ccc(-c2cc(C(F)(F)F)cc(C(F)(F)F)c2)o1. The number of ether oxygens (including phenoxy) is 1. The third kappa shape index (κ3) is 5.97. The maximum Gasteiger partial charge on any atom is 0.416 e. The fraction of sp³-hybridized carbons (Fsp3) is 0.217. The maximum absolute atomic E-state index is 13.1. The molecule has 0 saturated carbocycles. The highest BCUT2D eigenvalue weighted by Gasteiger charge is 2.37. The molecule has 1 heterocycles. The number of oxime groups is 1. The zero-order valence-electron chi connectivity index (χ0n) is 17.8. The van der Waals surface area contributed by atoms with Gasteiger partial charge in [-0.2, -0.15) is 26.3 Å². The van der Waals surface area contributed by atoms with Gasteiger partial charge in [0.1, 0.15) is 30.1 Å². The van der Waals surface area contributed by atoms with Gasteiger partial charge in [-0.25, -0.2) is 0 Å². The monoisotopic (exact) mass is 485 g/mol. The van der Waals surface area contributed by atoms with Crippen LogP contribution < -0.4 is 4.74 Å². The molecule has 3 rings (SSSR count). The molecule has 0 aliphatic heterocycles. The topological polar surface area (TPSA) is 61.0 Å². The first-order valence-electron chi connectivity index (χ1n) is 9.61. The number of furan rings is 1. The number of nitrogens with zero attached hydrogens (tertiary/aromatic N) is 1. The minimum atomic E-state index is -4.97. The predicted molar refractivity (Wildman–Crippen MR) is 110 cm³/mol. The number of carbonyl (C=O) groups is 1. The lowest BCUT2D eigenvalue weighted by molar-refractivity contribution is -0.143. The lowest BCUT2D eigenvalue weighted by Gasteiger charge is -2.13. The lowest BCUT2D eigenvalue weighted by Crippen LogP contribution is -2.11. The Hall–Kier alpha value is -3.76. The Morgan fingerprint density at radius 2 is 1.62 bits per heavy atom. The Balaban J connectivity index is 1.78. The van der Waals surface area contributed by atoms with Crippen molar-refractivity contribution in [3.63, 3.8) is 0 Å². The van der Waals surface area contributed by atoms with Crippen LogP contribution in [0.3, 0.4) is 0 Å².